The van der Waals surface area contributed by atoms with Crippen molar-refractivity contribution < 1.29 is 9.53 Å². The van der Waals surface area contributed by atoms with E-state index in [1.807, 2.05) is 6.92 Å². The summed E-state index contributed by atoms with van der Waals surface area (Å²) in [4.78, 5) is 10.2. The van der Waals surface area contributed by atoms with Gasteiger partial charge in [0.05, 0.1) is 5.60 Å². The summed E-state index contributed by atoms with van der Waals surface area (Å²) >= 11 is 0. The van der Waals surface area contributed by atoms with Gasteiger partial charge in [0, 0.05) is 13.5 Å². The second-order valence-corrected chi connectivity index (χ2v) is 2.77. The molecule has 0 aliphatic carbocycles. The van der Waals surface area contributed by atoms with Gasteiger partial charge in [0.2, 0.25) is 0 Å². The fourth-order valence-corrected chi connectivity index (χ4v) is 0.993. The largest absolute Gasteiger partial charge is 0.378 e. The molecule has 1 unspecified atom stereocenters. The Hall–Kier alpha value is -0.370. The highest BCUT2D eigenvalue weighted by atomic mass is 16.5. The number of carbonyl (C=O) groups excluding carboxylic acids is 1. The van der Waals surface area contributed by atoms with Crippen LogP contribution in [0.2, 0.25) is 0 Å². The topological polar surface area (TPSA) is 26.3 Å². The summed E-state index contributed by atoms with van der Waals surface area (Å²) in [5, 5.41) is 0. The summed E-state index contributed by atoms with van der Waals surface area (Å²) in [7, 11) is 1.65. The van der Waals surface area contributed by atoms with Gasteiger partial charge < -0.3 is 9.53 Å². The second-order valence-electron chi connectivity index (χ2n) is 2.77. The Kier molecular flexibility index (Phi) is 4.28. The fraction of sp³-hybridized carbons (Fsp3) is 0.875. The molecule has 60 valence electrons. The van der Waals surface area contributed by atoms with Crippen LogP contribution in [-0.4, -0.2) is 19.0 Å². The minimum absolute atomic E-state index is 0.226. The van der Waals surface area contributed by atoms with Gasteiger partial charge in [-0.1, -0.05) is 13.3 Å². The van der Waals surface area contributed by atoms with Crippen LogP contribution in [0.25, 0.3) is 0 Å². The SMILES string of the molecule is CCCC(C)(CC=O)OC. The molecule has 0 saturated carbocycles. The van der Waals surface area contributed by atoms with Crippen LogP contribution in [0.1, 0.15) is 33.1 Å². The number of rotatable bonds is 5. The van der Waals surface area contributed by atoms with Gasteiger partial charge in [-0.25, -0.2) is 0 Å². The van der Waals surface area contributed by atoms with E-state index < -0.39 is 0 Å². The van der Waals surface area contributed by atoms with E-state index in [2.05, 4.69) is 6.92 Å². The van der Waals surface area contributed by atoms with Crippen LogP contribution < -0.4 is 0 Å². The molecule has 0 aliphatic heterocycles. The van der Waals surface area contributed by atoms with Crippen molar-refractivity contribution in [3.05, 3.63) is 0 Å². The smallest absolute Gasteiger partial charge is 0.122 e. The van der Waals surface area contributed by atoms with E-state index in [1.54, 1.807) is 7.11 Å². The van der Waals surface area contributed by atoms with E-state index in [1.165, 1.54) is 0 Å². The number of ether oxygens (including phenoxy) is 1. The third-order valence-corrected chi connectivity index (χ3v) is 1.79. The van der Waals surface area contributed by atoms with Gasteiger partial charge in [-0.15, -0.1) is 0 Å². The number of carbonyl (C=O) groups is 1. The Morgan fingerprint density at radius 3 is 2.50 bits per heavy atom. The van der Waals surface area contributed by atoms with Crippen molar-refractivity contribution in [3.63, 3.8) is 0 Å². The van der Waals surface area contributed by atoms with Gasteiger partial charge in [-0.05, 0) is 13.3 Å². The van der Waals surface area contributed by atoms with E-state index in [0.717, 1.165) is 19.1 Å². The lowest BCUT2D eigenvalue weighted by Crippen LogP contribution is -2.27. The lowest BCUT2D eigenvalue weighted by Gasteiger charge is -2.24. The zero-order chi connectivity index (χ0) is 8.04. The molecule has 0 aromatic heterocycles. The van der Waals surface area contributed by atoms with E-state index in [9.17, 15) is 4.79 Å². The first kappa shape index (κ1) is 9.63. The van der Waals surface area contributed by atoms with E-state index in [4.69, 9.17) is 4.74 Å². The Bertz CT molecular complexity index is 101. The molecule has 0 N–H and O–H groups in total. The first-order valence-corrected chi connectivity index (χ1v) is 3.67. The van der Waals surface area contributed by atoms with Crippen molar-refractivity contribution in [3.8, 4) is 0 Å². The van der Waals surface area contributed by atoms with Crippen LogP contribution in [0.4, 0.5) is 0 Å². The molecule has 0 aromatic carbocycles. The maximum absolute atomic E-state index is 10.2. The summed E-state index contributed by atoms with van der Waals surface area (Å²) in [6.45, 7) is 4.05. The van der Waals surface area contributed by atoms with E-state index in [-0.39, 0.29) is 5.60 Å². The highest BCUT2D eigenvalue weighted by Gasteiger charge is 2.20. The average Bonchev–Trinajstić information content (AvgIpc) is 1.89. The lowest BCUT2D eigenvalue weighted by atomic mass is 9.97. The van der Waals surface area contributed by atoms with E-state index in [0.29, 0.717) is 6.42 Å². The Morgan fingerprint density at radius 2 is 2.20 bits per heavy atom. The average molecular weight is 144 g/mol. The second kappa shape index (κ2) is 4.45. The molecule has 0 amide bonds. The van der Waals surface area contributed by atoms with Gasteiger partial charge >= 0.3 is 0 Å². The molecule has 0 saturated heterocycles. The zero-order valence-corrected chi connectivity index (χ0v) is 7.02. The number of hydrogen-bond acceptors (Lipinski definition) is 2. The first-order chi connectivity index (χ1) is 4.68. The zero-order valence-electron chi connectivity index (χ0n) is 7.02. The maximum Gasteiger partial charge on any atom is 0.122 e. The third kappa shape index (κ3) is 2.97. The molecule has 0 bridgehead atoms. The van der Waals surface area contributed by atoms with Crippen LogP contribution in [0.15, 0.2) is 0 Å². The van der Waals surface area contributed by atoms with Gasteiger partial charge in [0.15, 0.2) is 0 Å². The number of methoxy groups -OCH3 is 1. The number of hydrogen-bond donors (Lipinski definition) is 0. The molecule has 0 fully saturated rings. The fourth-order valence-electron chi connectivity index (χ4n) is 0.993. The molecule has 1 atom stereocenters. The lowest BCUT2D eigenvalue weighted by molar-refractivity contribution is -0.113. The predicted octanol–water partition coefficient (Wildman–Crippen LogP) is 1.78. The highest BCUT2D eigenvalue weighted by molar-refractivity contribution is 5.51. The molecule has 0 radical (unpaired) electrons. The van der Waals surface area contributed by atoms with Crippen molar-refractivity contribution in [2.24, 2.45) is 0 Å². The Balaban J connectivity index is 3.80. The van der Waals surface area contributed by atoms with Gasteiger partial charge in [-0.2, -0.15) is 0 Å². The molecule has 2 heteroatoms. The summed E-state index contributed by atoms with van der Waals surface area (Å²) in [5.74, 6) is 0. The Labute approximate surface area is 62.6 Å². The molecule has 0 aliphatic rings. The van der Waals surface area contributed by atoms with Crippen LogP contribution in [0.5, 0.6) is 0 Å². The summed E-state index contributed by atoms with van der Waals surface area (Å²) < 4.78 is 5.19. The molecule has 0 spiro atoms. The van der Waals surface area contributed by atoms with Gasteiger partial charge in [0.1, 0.15) is 6.29 Å². The molecular weight excluding hydrogens is 128 g/mol. The maximum atomic E-state index is 10.2. The normalized spacial score (nSPS) is 16.3. The molecular formula is C8H16O2. The van der Waals surface area contributed by atoms with Crippen molar-refractivity contribution in [2.75, 3.05) is 7.11 Å². The van der Waals surface area contributed by atoms with Crippen LogP contribution in [0.3, 0.4) is 0 Å². The monoisotopic (exact) mass is 144 g/mol. The minimum Gasteiger partial charge on any atom is -0.378 e. The first-order valence-electron chi connectivity index (χ1n) is 3.67. The van der Waals surface area contributed by atoms with Crippen molar-refractivity contribution >= 4 is 6.29 Å². The molecule has 10 heavy (non-hydrogen) atoms. The standard InChI is InChI=1S/C8H16O2/c1-4-5-8(2,10-3)6-7-9/h7H,4-6H2,1-3H3. The van der Waals surface area contributed by atoms with Crippen molar-refractivity contribution in [1.29, 1.82) is 0 Å². The summed E-state index contributed by atoms with van der Waals surface area (Å²) in [6, 6.07) is 0. The number of aldehydes is 1. The molecule has 0 rings (SSSR count). The minimum atomic E-state index is -0.226. The Morgan fingerprint density at radius 1 is 1.60 bits per heavy atom. The molecule has 0 aromatic rings. The molecule has 0 heterocycles. The highest BCUT2D eigenvalue weighted by Crippen LogP contribution is 2.19. The quantitative estimate of drug-likeness (QED) is 0.550. The van der Waals surface area contributed by atoms with E-state index >= 15 is 0 Å². The molecule has 2 nitrogen and oxygen atoms in total. The van der Waals surface area contributed by atoms with Gasteiger partial charge in [0.25, 0.3) is 0 Å². The van der Waals surface area contributed by atoms with Crippen LogP contribution in [-0.2, 0) is 9.53 Å². The van der Waals surface area contributed by atoms with Crippen molar-refractivity contribution in [1.82, 2.24) is 0 Å². The predicted molar refractivity (Wildman–Crippen MR) is 41.0 cm³/mol. The summed E-state index contributed by atoms with van der Waals surface area (Å²) in [6.07, 6.45) is 3.41. The van der Waals surface area contributed by atoms with Crippen LogP contribution in [0, 0.1) is 0 Å². The third-order valence-electron chi connectivity index (χ3n) is 1.79. The summed E-state index contributed by atoms with van der Waals surface area (Å²) in [5.41, 5.74) is -0.226. The van der Waals surface area contributed by atoms with Gasteiger partial charge in [-0.3, -0.25) is 0 Å². The van der Waals surface area contributed by atoms with Crippen molar-refractivity contribution in [2.45, 2.75) is 38.7 Å². The van der Waals surface area contributed by atoms with Crippen LogP contribution >= 0.6 is 0 Å².